The van der Waals surface area contributed by atoms with E-state index in [1.165, 1.54) is 4.90 Å². The number of piperidine rings is 1. The van der Waals surface area contributed by atoms with Gasteiger partial charge in [0.05, 0.1) is 12.5 Å². The molecule has 1 aliphatic heterocycles. The lowest BCUT2D eigenvalue weighted by atomic mass is 10.1. The highest BCUT2D eigenvalue weighted by atomic mass is 19.4. The number of hydrogen-bond donors (Lipinski definition) is 1. The van der Waals surface area contributed by atoms with Gasteiger partial charge in [0.25, 0.3) is 0 Å². The van der Waals surface area contributed by atoms with Crippen molar-refractivity contribution >= 4 is 5.91 Å². The van der Waals surface area contributed by atoms with Crippen molar-refractivity contribution in [2.24, 2.45) is 5.73 Å². The summed E-state index contributed by atoms with van der Waals surface area (Å²) in [6, 6.07) is 0. The van der Waals surface area contributed by atoms with E-state index in [1.807, 2.05) is 0 Å². The summed E-state index contributed by atoms with van der Waals surface area (Å²) in [4.78, 5) is 13.1. The molecule has 19 heavy (non-hydrogen) atoms. The molecule has 0 aromatic heterocycles. The van der Waals surface area contributed by atoms with Crippen molar-refractivity contribution in [3.63, 3.8) is 0 Å². The number of likely N-dealkylation sites (tertiary alicyclic amines) is 1. The largest absolute Gasteiger partial charge is 0.389 e. The molecule has 0 atom stereocenters. The summed E-state index contributed by atoms with van der Waals surface area (Å²) in [5.41, 5.74) is 5.35. The normalized spacial score (nSPS) is 17.8. The number of alkyl halides is 3. The molecule has 0 spiro atoms. The molecule has 1 aliphatic rings. The lowest BCUT2D eigenvalue weighted by Crippen LogP contribution is -2.41. The molecule has 0 unspecified atom stereocenters. The molecule has 0 saturated carbocycles. The topological polar surface area (TPSA) is 55.6 Å². The average molecular weight is 282 g/mol. The first-order valence-electron chi connectivity index (χ1n) is 6.58. The Balaban J connectivity index is 2.20. The lowest BCUT2D eigenvalue weighted by Gasteiger charge is -2.32. The molecule has 0 radical (unpaired) electrons. The van der Waals surface area contributed by atoms with Crippen LogP contribution in [-0.2, 0) is 9.53 Å². The van der Waals surface area contributed by atoms with Gasteiger partial charge in [-0.05, 0) is 25.8 Å². The van der Waals surface area contributed by atoms with Crippen LogP contribution in [0.25, 0.3) is 0 Å². The summed E-state index contributed by atoms with van der Waals surface area (Å²) in [5, 5.41) is 0. The number of carbonyl (C=O) groups is 1. The van der Waals surface area contributed by atoms with Gasteiger partial charge in [-0.3, -0.25) is 4.79 Å². The Morgan fingerprint density at radius 2 is 1.95 bits per heavy atom. The molecule has 0 aromatic rings. The average Bonchev–Trinajstić information content (AvgIpc) is 2.36. The monoisotopic (exact) mass is 282 g/mol. The maximum atomic E-state index is 12.0. The Hall–Kier alpha value is -0.820. The van der Waals surface area contributed by atoms with Crippen molar-refractivity contribution in [3.8, 4) is 0 Å². The Morgan fingerprint density at radius 3 is 2.47 bits per heavy atom. The first-order valence-corrected chi connectivity index (χ1v) is 6.58. The van der Waals surface area contributed by atoms with Crippen LogP contribution in [0.3, 0.4) is 0 Å². The van der Waals surface area contributed by atoms with Crippen LogP contribution in [0.15, 0.2) is 0 Å². The summed E-state index contributed by atoms with van der Waals surface area (Å²) < 4.78 is 41.6. The summed E-state index contributed by atoms with van der Waals surface area (Å²) in [5.74, 6) is -0.419. The highest BCUT2D eigenvalue weighted by Gasteiger charge is 2.30. The molecule has 1 saturated heterocycles. The van der Waals surface area contributed by atoms with Gasteiger partial charge in [0.1, 0.15) is 0 Å². The van der Waals surface area contributed by atoms with E-state index in [4.69, 9.17) is 10.5 Å². The molecule has 112 valence electrons. The third-order valence-corrected chi connectivity index (χ3v) is 3.12. The van der Waals surface area contributed by atoms with Gasteiger partial charge in [-0.15, -0.1) is 0 Å². The van der Waals surface area contributed by atoms with Crippen molar-refractivity contribution in [3.05, 3.63) is 0 Å². The smallest absolute Gasteiger partial charge is 0.378 e. The van der Waals surface area contributed by atoms with Crippen LogP contribution in [-0.4, -0.2) is 49.3 Å². The van der Waals surface area contributed by atoms with E-state index in [2.05, 4.69) is 0 Å². The van der Waals surface area contributed by atoms with Gasteiger partial charge < -0.3 is 15.4 Å². The van der Waals surface area contributed by atoms with Crippen LogP contribution in [0.2, 0.25) is 0 Å². The summed E-state index contributed by atoms with van der Waals surface area (Å²) in [7, 11) is 0. The third kappa shape index (κ3) is 6.77. The second-order valence-electron chi connectivity index (χ2n) is 4.71. The van der Waals surface area contributed by atoms with Crippen LogP contribution in [0, 0.1) is 0 Å². The number of rotatable bonds is 6. The number of hydrogen-bond acceptors (Lipinski definition) is 3. The molecule has 4 nitrogen and oxygen atoms in total. The molecule has 1 amide bonds. The van der Waals surface area contributed by atoms with Crippen LogP contribution in [0.1, 0.15) is 32.1 Å². The zero-order valence-electron chi connectivity index (χ0n) is 10.9. The molecule has 1 rings (SSSR count). The van der Waals surface area contributed by atoms with Crippen molar-refractivity contribution < 1.29 is 22.7 Å². The van der Waals surface area contributed by atoms with Gasteiger partial charge in [0, 0.05) is 26.1 Å². The van der Waals surface area contributed by atoms with Crippen LogP contribution in [0.5, 0.6) is 0 Å². The van der Waals surface area contributed by atoms with Crippen molar-refractivity contribution in [1.82, 2.24) is 4.90 Å². The zero-order valence-corrected chi connectivity index (χ0v) is 10.9. The SMILES string of the molecule is NCCCOC1CCN(C(=O)CCC(F)(F)F)CC1. The molecule has 0 aliphatic carbocycles. The summed E-state index contributed by atoms with van der Waals surface area (Å²) in [6.45, 7) is 2.13. The van der Waals surface area contributed by atoms with E-state index in [9.17, 15) is 18.0 Å². The Bertz CT molecular complexity index is 277. The van der Waals surface area contributed by atoms with E-state index in [0.717, 1.165) is 6.42 Å². The van der Waals surface area contributed by atoms with E-state index >= 15 is 0 Å². The predicted octanol–water partition coefficient (Wildman–Crippen LogP) is 1.69. The van der Waals surface area contributed by atoms with Gasteiger partial charge >= 0.3 is 6.18 Å². The Kier molecular flexibility index (Phi) is 6.57. The molecule has 0 aromatic carbocycles. The van der Waals surface area contributed by atoms with Crippen LogP contribution in [0.4, 0.5) is 13.2 Å². The van der Waals surface area contributed by atoms with Gasteiger partial charge in [-0.2, -0.15) is 13.2 Å². The van der Waals surface area contributed by atoms with Crippen molar-refractivity contribution in [2.75, 3.05) is 26.2 Å². The van der Waals surface area contributed by atoms with E-state index in [1.54, 1.807) is 0 Å². The molecular weight excluding hydrogens is 261 g/mol. The molecule has 1 fully saturated rings. The van der Waals surface area contributed by atoms with Gasteiger partial charge in [0.2, 0.25) is 5.91 Å². The minimum absolute atomic E-state index is 0.0956. The van der Waals surface area contributed by atoms with Gasteiger partial charge in [-0.1, -0.05) is 0 Å². The maximum absolute atomic E-state index is 12.0. The number of nitrogens with two attached hydrogens (primary N) is 1. The quantitative estimate of drug-likeness (QED) is 0.754. The second kappa shape index (κ2) is 7.69. The maximum Gasteiger partial charge on any atom is 0.389 e. The molecule has 2 N–H and O–H groups in total. The minimum Gasteiger partial charge on any atom is -0.378 e. The molecule has 1 heterocycles. The molecule has 0 bridgehead atoms. The predicted molar refractivity (Wildman–Crippen MR) is 64.5 cm³/mol. The molecular formula is C12H21F3N2O2. The number of carbonyl (C=O) groups excluding carboxylic acids is 1. The van der Waals surface area contributed by atoms with Crippen LogP contribution < -0.4 is 5.73 Å². The lowest BCUT2D eigenvalue weighted by molar-refractivity contribution is -0.150. The Labute approximate surface area is 111 Å². The zero-order chi connectivity index (χ0) is 14.3. The number of amides is 1. The fourth-order valence-electron chi connectivity index (χ4n) is 2.01. The first kappa shape index (κ1) is 16.2. The minimum atomic E-state index is -4.26. The van der Waals surface area contributed by atoms with Gasteiger partial charge in [-0.25, -0.2) is 0 Å². The van der Waals surface area contributed by atoms with E-state index in [0.29, 0.717) is 39.1 Å². The van der Waals surface area contributed by atoms with Crippen molar-refractivity contribution in [2.45, 2.75) is 44.4 Å². The van der Waals surface area contributed by atoms with Gasteiger partial charge in [0.15, 0.2) is 0 Å². The number of ether oxygens (including phenoxy) is 1. The van der Waals surface area contributed by atoms with Crippen LogP contribution >= 0.6 is 0 Å². The fraction of sp³-hybridized carbons (Fsp3) is 0.917. The van der Waals surface area contributed by atoms with Crippen molar-refractivity contribution in [1.29, 1.82) is 0 Å². The summed E-state index contributed by atoms with van der Waals surface area (Å²) >= 11 is 0. The summed E-state index contributed by atoms with van der Waals surface area (Å²) in [6.07, 6.45) is -3.51. The number of nitrogens with zero attached hydrogens (tertiary/aromatic N) is 1. The van der Waals surface area contributed by atoms with E-state index in [-0.39, 0.29) is 6.10 Å². The highest BCUT2D eigenvalue weighted by Crippen LogP contribution is 2.23. The van der Waals surface area contributed by atoms with E-state index < -0.39 is 24.9 Å². The molecule has 7 heteroatoms. The highest BCUT2D eigenvalue weighted by molar-refractivity contribution is 5.76. The Morgan fingerprint density at radius 1 is 1.32 bits per heavy atom. The number of halogens is 3. The third-order valence-electron chi connectivity index (χ3n) is 3.12. The second-order valence-corrected chi connectivity index (χ2v) is 4.71. The fourth-order valence-corrected chi connectivity index (χ4v) is 2.01. The first-order chi connectivity index (χ1) is 8.92. The standard InChI is InChI=1S/C12H21F3N2O2/c13-12(14,15)5-2-11(18)17-7-3-10(4-8-17)19-9-1-6-16/h10H,1-9,16H2.